The first-order valence-electron chi connectivity index (χ1n) is 5.75. The van der Waals surface area contributed by atoms with Gasteiger partial charge in [-0.25, -0.2) is 0 Å². The number of carbonyl (C=O) groups excluding carboxylic acids is 1. The van der Waals surface area contributed by atoms with Gasteiger partial charge in [-0.1, -0.05) is 6.92 Å². The second-order valence-electron chi connectivity index (χ2n) is 4.36. The summed E-state index contributed by atoms with van der Waals surface area (Å²) in [5, 5.41) is 3.14. The summed E-state index contributed by atoms with van der Waals surface area (Å²) in [4.78, 5) is 11.9. The molecule has 1 rings (SSSR count). The summed E-state index contributed by atoms with van der Waals surface area (Å²) in [7, 11) is 0. The summed E-state index contributed by atoms with van der Waals surface area (Å²) in [6.45, 7) is 2.69. The first kappa shape index (κ1) is 13.5. The van der Waals surface area contributed by atoms with Crippen molar-refractivity contribution >= 4 is 5.78 Å². The molecule has 94 valence electrons. The number of rotatable bonds is 5. The van der Waals surface area contributed by atoms with Gasteiger partial charge in [0.2, 0.25) is 0 Å². The van der Waals surface area contributed by atoms with Crippen molar-refractivity contribution in [3.05, 3.63) is 0 Å². The van der Waals surface area contributed by atoms with Gasteiger partial charge in [0.05, 0.1) is 5.54 Å². The smallest absolute Gasteiger partial charge is 0.305 e. The molecule has 0 aromatic heterocycles. The standard InChI is InChI=1S/C11H18F3NO/c1-2-10(6-4-8-15-10)9(16)5-3-7-11(12,13)14/h15H,2-8H2,1H3. The van der Waals surface area contributed by atoms with Crippen LogP contribution in [0.5, 0.6) is 0 Å². The van der Waals surface area contributed by atoms with Crippen LogP contribution in [0, 0.1) is 0 Å². The highest BCUT2D eigenvalue weighted by molar-refractivity contribution is 5.88. The van der Waals surface area contributed by atoms with E-state index in [0.29, 0.717) is 6.42 Å². The second kappa shape index (κ2) is 5.17. The van der Waals surface area contributed by atoms with Crippen LogP contribution in [0.2, 0.25) is 0 Å². The molecule has 0 bridgehead atoms. The minimum Gasteiger partial charge on any atom is -0.305 e. The lowest BCUT2D eigenvalue weighted by atomic mass is 9.86. The largest absolute Gasteiger partial charge is 0.389 e. The Balaban J connectivity index is 2.39. The highest BCUT2D eigenvalue weighted by Crippen LogP contribution is 2.28. The maximum absolute atomic E-state index is 11.9. The zero-order valence-corrected chi connectivity index (χ0v) is 9.49. The van der Waals surface area contributed by atoms with Crippen LogP contribution >= 0.6 is 0 Å². The molecule has 1 N–H and O–H groups in total. The first-order chi connectivity index (χ1) is 7.40. The zero-order chi connectivity index (χ0) is 12.2. The van der Waals surface area contributed by atoms with E-state index in [4.69, 9.17) is 0 Å². The Kier molecular flexibility index (Phi) is 4.35. The van der Waals surface area contributed by atoms with Crippen LogP contribution in [0.4, 0.5) is 13.2 Å². The Labute approximate surface area is 93.6 Å². The number of carbonyl (C=O) groups is 1. The minimum absolute atomic E-state index is 0.0281. The molecule has 16 heavy (non-hydrogen) atoms. The molecule has 1 aliphatic rings. The fraction of sp³-hybridized carbons (Fsp3) is 0.909. The Morgan fingerprint density at radius 2 is 2.12 bits per heavy atom. The summed E-state index contributed by atoms with van der Waals surface area (Å²) in [5.74, 6) is -0.0586. The van der Waals surface area contributed by atoms with Gasteiger partial charge in [-0.2, -0.15) is 13.2 Å². The van der Waals surface area contributed by atoms with Gasteiger partial charge in [-0.15, -0.1) is 0 Å². The predicted molar refractivity (Wildman–Crippen MR) is 55.2 cm³/mol. The molecule has 0 radical (unpaired) electrons. The van der Waals surface area contributed by atoms with E-state index in [2.05, 4.69) is 5.32 Å². The molecule has 1 unspecified atom stereocenters. The molecule has 0 spiro atoms. The number of halogens is 3. The van der Waals surface area contributed by atoms with E-state index in [1.165, 1.54) is 0 Å². The molecular formula is C11H18F3NO. The van der Waals surface area contributed by atoms with E-state index < -0.39 is 18.1 Å². The van der Waals surface area contributed by atoms with Gasteiger partial charge in [-0.05, 0) is 32.2 Å². The fourth-order valence-corrected chi connectivity index (χ4v) is 2.23. The third-order valence-corrected chi connectivity index (χ3v) is 3.25. The lowest BCUT2D eigenvalue weighted by Gasteiger charge is -2.26. The van der Waals surface area contributed by atoms with Crippen LogP contribution < -0.4 is 5.32 Å². The molecule has 2 nitrogen and oxygen atoms in total. The van der Waals surface area contributed by atoms with E-state index in [1.807, 2.05) is 6.92 Å². The van der Waals surface area contributed by atoms with Gasteiger partial charge in [0.25, 0.3) is 0 Å². The SMILES string of the molecule is CCC1(C(=O)CCCC(F)(F)F)CCCN1. The Morgan fingerprint density at radius 3 is 2.56 bits per heavy atom. The van der Waals surface area contributed by atoms with E-state index in [-0.39, 0.29) is 18.6 Å². The molecule has 0 aromatic carbocycles. The van der Waals surface area contributed by atoms with Crippen LogP contribution in [-0.2, 0) is 4.79 Å². The highest BCUT2D eigenvalue weighted by atomic mass is 19.4. The third kappa shape index (κ3) is 3.47. The van der Waals surface area contributed by atoms with Gasteiger partial charge in [-0.3, -0.25) is 4.79 Å². The van der Waals surface area contributed by atoms with E-state index >= 15 is 0 Å². The monoisotopic (exact) mass is 237 g/mol. The molecule has 1 atom stereocenters. The normalized spacial score (nSPS) is 26.0. The molecule has 1 saturated heterocycles. The van der Waals surface area contributed by atoms with Crippen molar-refractivity contribution in [3.8, 4) is 0 Å². The summed E-state index contributed by atoms with van der Waals surface area (Å²) >= 11 is 0. The lowest BCUT2D eigenvalue weighted by molar-refractivity contribution is -0.138. The van der Waals surface area contributed by atoms with Crippen molar-refractivity contribution in [2.75, 3.05) is 6.54 Å². The van der Waals surface area contributed by atoms with Crippen molar-refractivity contribution in [3.63, 3.8) is 0 Å². The summed E-state index contributed by atoms with van der Waals surface area (Å²) in [6.07, 6.45) is -2.72. The third-order valence-electron chi connectivity index (χ3n) is 3.25. The van der Waals surface area contributed by atoms with Crippen molar-refractivity contribution < 1.29 is 18.0 Å². The molecule has 1 fully saturated rings. The van der Waals surface area contributed by atoms with Gasteiger partial charge in [0, 0.05) is 12.8 Å². The number of nitrogens with one attached hydrogen (secondary N) is 1. The number of hydrogen-bond acceptors (Lipinski definition) is 2. The van der Waals surface area contributed by atoms with Gasteiger partial charge >= 0.3 is 6.18 Å². The zero-order valence-electron chi connectivity index (χ0n) is 9.49. The van der Waals surface area contributed by atoms with Crippen molar-refractivity contribution in [2.45, 2.75) is 57.2 Å². The molecule has 1 heterocycles. The number of hydrogen-bond donors (Lipinski definition) is 1. The van der Waals surface area contributed by atoms with E-state index in [1.54, 1.807) is 0 Å². The van der Waals surface area contributed by atoms with Crippen LogP contribution in [0.25, 0.3) is 0 Å². The molecule has 0 saturated carbocycles. The Morgan fingerprint density at radius 1 is 1.44 bits per heavy atom. The van der Waals surface area contributed by atoms with Crippen molar-refractivity contribution in [1.29, 1.82) is 0 Å². The van der Waals surface area contributed by atoms with Crippen LogP contribution in [0.3, 0.4) is 0 Å². The lowest BCUT2D eigenvalue weighted by Crippen LogP contribution is -2.46. The van der Waals surface area contributed by atoms with Crippen molar-refractivity contribution in [2.24, 2.45) is 0 Å². The number of Topliss-reactive ketones (excluding diaryl/α,β-unsaturated/α-hetero) is 1. The molecule has 0 aliphatic carbocycles. The molecule has 0 aromatic rings. The number of ketones is 1. The second-order valence-corrected chi connectivity index (χ2v) is 4.36. The Hall–Kier alpha value is -0.580. The Bertz CT molecular complexity index is 244. The predicted octanol–water partition coefficient (Wildman–Crippen LogP) is 2.82. The summed E-state index contributed by atoms with van der Waals surface area (Å²) in [6, 6.07) is 0. The van der Waals surface area contributed by atoms with Crippen LogP contribution in [-0.4, -0.2) is 24.0 Å². The molecule has 0 amide bonds. The summed E-state index contributed by atoms with van der Waals surface area (Å²) in [5.41, 5.74) is -0.536. The van der Waals surface area contributed by atoms with Gasteiger partial charge in [0.1, 0.15) is 0 Å². The summed E-state index contributed by atoms with van der Waals surface area (Å²) < 4.78 is 35.8. The van der Waals surface area contributed by atoms with Gasteiger partial charge in [0.15, 0.2) is 5.78 Å². The maximum atomic E-state index is 11.9. The van der Waals surface area contributed by atoms with Gasteiger partial charge < -0.3 is 5.32 Å². The average molecular weight is 237 g/mol. The average Bonchev–Trinajstić information content (AvgIpc) is 2.65. The fourth-order valence-electron chi connectivity index (χ4n) is 2.23. The van der Waals surface area contributed by atoms with Crippen LogP contribution in [0.15, 0.2) is 0 Å². The van der Waals surface area contributed by atoms with Crippen molar-refractivity contribution in [1.82, 2.24) is 5.32 Å². The molecular weight excluding hydrogens is 219 g/mol. The number of alkyl halides is 3. The quantitative estimate of drug-likeness (QED) is 0.796. The topological polar surface area (TPSA) is 29.1 Å². The minimum atomic E-state index is -4.15. The molecule has 5 heteroatoms. The van der Waals surface area contributed by atoms with Crippen LogP contribution in [0.1, 0.15) is 45.4 Å². The van der Waals surface area contributed by atoms with E-state index in [0.717, 1.165) is 19.4 Å². The highest BCUT2D eigenvalue weighted by Gasteiger charge is 2.38. The first-order valence-corrected chi connectivity index (χ1v) is 5.75. The molecule has 1 aliphatic heterocycles. The van der Waals surface area contributed by atoms with E-state index in [9.17, 15) is 18.0 Å². The maximum Gasteiger partial charge on any atom is 0.389 e.